The first-order valence-electron chi connectivity index (χ1n) is 13.2. The number of fused-ring (bicyclic) bond motifs is 1. The predicted octanol–water partition coefficient (Wildman–Crippen LogP) is 3.10. The average molecular weight is 527 g/mol. The van der Waals surface area contributed by atoms with E-state index in [2.05, 4.69) is 22.2 Å². The van der Waals surface area contributed by atoms with Crippen molar-refractivity contribution >= 4 is 35.0 Å². The van der Waals surface area contributed by atoms with Gasteiger partial charge in [0.2, 0.25) is 5.91 Å². The molecule has 1 saturated heterocycles. The van der Waals surface area contributed by atoms with Gasteiger partial charge in [-0.1, -0.05) is 30.5 Å². The number of hydrogen-bond donors (Lipinski definition) is 1. The second-order valence-electron chi connectivity index (χ2n) is 10.6. The SMILES string of the molecule is CCN1C(=O)c2cc(C(=O)N3CCN(c4cc(Cl)ccc4C)CC3)nn2C[C@]1(C)C(=O)NC1CCCC1. The number of nitrogens with one attached hydrogen (secondary N) is 1. The minimum atomic E-state index is -1.06. The fourth-order valence-corrected chi connectivity index (χ4v) is 6.05. The van der Waals surface area contributed by atoms with Crippen molar-refractivity contribution in [2.45, 2.75) is 64.6 Å². The molecule has 37 heavy (non-hydrogen) atoms. The van der Waals surface area contributed by atoms with Crippen LogP contribution in [0.2, 0.25) is 5.02 Å². The summed E-state index contributed by atoms with van der Waals surface area (Å²) in [5.74, 6) is -0.626. The molecule has 9 nitrogen and oxygen atoms in total. The summed E-state index contributed by atoms with van der Waals surface area (Å²) in [6.45, 7) is 8.79. The number of halogens is 1. The maximum atomic E-state index is 13.4. The molecule has 2 fully saturated rings. The fourth-order valence-electron chi connectivity index (χ4n) is 5.89. The van der Waals surface area contributed by atoms with Crippen molar-refractivity contribution in [3.63, 3.8) is 0 Å². The molecular formula is C27H35ClN6O3. The zero-order valence-electron chi connectivity index (χ0n) is 21.8. The van der Waals surface area contributed by atoms with Gasteiger partial charge in [0.15, 0.2) is 5.69 Å². The first kappa shape index (κ1) is 25.6. The van der Waals surface area contributed by atoms with Crippen LogP contribution in [-0.2, 0) is 11.3 Å². The fraction of sp³-hybridized carbons (Fsp3) is 0.556. The Morgan fingerprint density at radius 2 is 1.84 bits per heavy atom. The predicted molar refractivity (Wildman–Crippen MR) is 142 cm³/mol. The van der Waals surface area contributed by atoms with Gasteiger partial charge in [0.05, 0.1) is 6.54 Å². The van der Waals surface area contributed by atoms with E-state index in [0.717, 1.165) is 36.9 Å². The van der Waals surface area contributed by atoms with E-state index in [-0.39, 0.29) is 36.0 Å². The average Bonchev–Trinajstić information content (AvgIpc) is 3.55. The van der Waals surface area contributed by atoms with Crippen LogP contribution in [0, 0.1) is 6.92 Å². The molecule has 3 aliphatic rings. The highest BCUT2D eigenvalue weighted by atomic mass is 35.5. The molecule has 2 aromatic rings. The molecule has 2 aliphatic heterocycles. The van der Waals surface area contributed by atoms with Crippen LogP contribution in [0.5, 0.6) is 0 Å². The maximum Gasteiger partial charge on any atom is 0.274 e. The minimum Gasteiger partial charge on any atom is -0.368 e. The highest BCUT2D eigenvalue weighted by Gasteiger charge is 2.48. The number of hydrogen-bond acceptors (Lipinski definition) is 5. The van der Waals surface area contributed by atoms with Gasteiger partial charge in [0.25, 0.3) is 11.8 Å². The summed E-state index contributed by atoms with van der Waals surface area (Å²) in [5, 5.41) is 8.37. The van der Waals surface area contributed by atoms with Crippen LogP contribution in [-0.4, -0.2) is 81.6 Å². The van der Waals surface area contributed by atoms with Gasteiger partial charge in [-0.05, 0) is 51.3 Å². The Morgan fingerprint density at radius 3 is 2.51 bits per heavy atom. The summed E-state index contributed by atoms with van der Waals surface area (Å²) in [6.07, 6.45) is 4.16. The van der Waals surface area contributed by atoms with Crippen molar-refractivity contribution in [1.29, 1.82) is 0 Å². The van der Waals surface area contributed by atoms with E-state index < -0.39 is 5.54 Å². The second kappa shape index (κ2) is 10.0. The number of rotatable bonds is 5. The van der Waals surface area contributed by atoms with Crippen molar-refractivity contribution in [3.05, 3.63) is 46.2 Å². The van der Waals surface area contributed by atoms with E-state index in [0.29, 0.717) is 43.4 Å². The third kappa shape index (κ3) is 4.69. The van der Waals surface area contributed by atoms with E-state index in [9.17, 15) is 14.4 Å². The zero-order valence-corrected chi connectivity index (χ0v) is 22.6. The Labute approximate surface area is 222 Å². The quantitative estimate of drug-likeness (QED) is 0.646. The summed E-state index contributed by atoms with van der Waals surface area (Å²) in [7, 11) is 0. The summed E-state index contributed by atoms with van der Waals surface area (Å²) in [4.78, 5) is 45.8. The third-order valence-corrected chi connectivity index (χ3v) is 8.33. The molecule has 10 heteroatoms. The molecule has 5 rings (SSSR count). The lowest BCUT2D eigenvalue weighted by atomic mass is 9.94. The van der Waals surface area contributed by atoms with E-state index in [1.54, 1.807) is 27.5 Å². The molecule has 0 radical (unpaired) electrons. The number of aryl methyl sites for hydroxylation is 1. The van der Waals surface area contributed by atoms with Crippen molar-refractivity contribution in [2.75, 3.05) is 37.6 Å². The van der Waals surface area contributed by atoms with Gasteiger partial charge in [-0.2, -0.15) is 5.10 Å². The Balaban J connectivity index is 1.31. The van der Waals surface area contributed by atoms with Crippen molar-refractivity contribution < 1.29 is 14.4 Å². The first-order chi connectivity index (χ1) is 17.7. The Kier molecular flexibility index (Phi) is 6.91. The normalized spacial score (nSPS) is 22.4. The van der Waals surface area contributed by atoms with E-state index >= 15 is 0 Å². The highest BCUT2D eigenvalue weighted by Crippen LogP contribution is 2.29. The molecule has 0 unspecified atom stereocenters. The number of benzene rings is 1. The van der Waals surface area contributed by atoms with Gasteiger partial charge in [0.1, 0.15) is 11.2 Å². The monoisotopic (exact) mass is 526 g/mol. The zero-order chi connectivity index (χ0) is 26.3. The molecule has 1 aromatic heterocycles. The molecule has 1 atom stereocenters. The number of carbonyl (C=O) groups is 3. The van der Waals surface area contributed by atoms with E-state index in [1.165, 1.54) is 0 Å². The summed E-state index contributed by atoms with van der Waals surface area (Å²) >= 11 is 6.20. The molecular weight excluding hydrogens is 492 g/mol. The molecule has 198 valence electrons. The maximum absolute atomic E-state index is 13.4. The van der Waals surface area contributed by atoms with Crippen LogP contribution in [0.4, 0.5) is 5.69 Å². The topological polar surface area (TPSA) is 90.8 Å². The van der Waals surface area contributed by atoms with E-state index in [4.69, 9.17) is 11.6 Å². The van der Waals surface area contributed by atoms with Gasteiger partial charge in [-0.3, -0.25) is 19.1 Å². The molecule has 3 amide bonds. The third-order valence-electron chi connectivity index (χ3n) is 8.09. The van der Waals surface area contributed by atoms with Crippen LogP contribution in [0.1, 0.15) is 66.1 Å². The van der Waals surface area contributed by atoms with Crippen molar-refractivity contribution in [1.82, 2.24) is 24.9 Å². The van der Waals surface area contributed by atoms with Crippen LogP contribution < -0.4 is 10.2 Å². The highest BCUT2D eigenvalue weighted by molar-refractivity contribution is 6.30. The van der Waals surface area contributed by atoms with Gasteiger partial charge < -0.3 is 20.0 Å². The molecule has 0 spiro atoms. The molecule has 1 saturated carbocycles. The first-order valence-corrected chi connectivity index (χ1v) is 13.6. The number of nitrogens with zero attached hydrogens (tertiary/aromatic N) is 5. The number of carbonyl (C=O) groups excluding carboxylic acids is 3. The lowest BCUT2D eigenvalue weighted by molar-refractivity contribution is -0.133. The largest absolute Gasteiger partial charge is 0.368 e. The number of aromatic nitrogens is 2. The number of anilines is 1. The number of piperazine rings is 1. The van der Waals surface area contributed by atoms with Crippen LogP contribution in [0.3, 0.4) is 0 Å². The number of amides is 3. The standard InChI is InChI=1S/C27H35ClN6O3/c1-4-33-25(36)23-16-21(30-34(23)17-27(33,3)26(37)29-20-7-5-6-8-20)24(35)32-13-11-31(12-14-32)22-15-19(28)10-9-18(22)2/h9-10,15-16,20H,4-8,11-14,17H2,1-3H3,(H,29,37)/t27-/m1/s1. The van der Waals surface area contributed by atoms with Gasteiger partial charge in [0, 0.05) is 55.5 Å². The number of likely N-dealkylation sites (N-methyl/N-ethyl adjacent to an activating group) is 1. The van der Waals surface area contributed by atoms with Crippen LogP contribution in [0.25, 0.3) is 0 Å². The van der Waals surface area contributed by atoms with Crippen LogP contribution >= 0.6 is 11.6 Å². The van der Waals surface area contributed by atoms with Gasteiger partial charge in [-0.25, -0.2) is 0 Å². The van der Waals surface area contributed by atoms with Crippen LogP contribution in [0.15, 0.2) is 24.3 Å². The smallest absolute Gasteiger partial charge is 0.274 e. The Hall–Kier alpha value is -3.07. The molecule has 3 heterocycles. The van der Waals surface area contributed by atoms with Crippen molar-refractivity contribution in [3.8, 4) is 0 Å². The lowest BCUT2D eigenvalue weighted by Crippen LogP contribution is -2.64. The molecule has 1 aliphatic carbocycles. The van der Waals surface area contributed by atoms with Crippen molar-refractivity contribution in [2.24, 2.45) is 0 Å². The molecule has 1 aromatic carbocycles. The second-order valence-corrected chi connectivity index (χ2v) is 11.0. The van der Waals surface area contributed by atoms with Gasteiger partial charge >= 0.3 is 0 Å². The summed E-state index contributed by atoms with van der Waals surface area (Å²) in [6, 6.07) is 7.58. The molecule has 0 bridgehead atoms. The molecule has 1 N–H and O–H groups in total. The lowest BCUT2D eigenvalue weighted by Gasteiger charge is -2.43. The van der Waals surface area contributed by atoms with E-state index in [1.807, 2.05) is 25.1 Å². The minimum absolute atomic E-state index is 0.156. The Morgan fingerprint density at radius 1 is 1.14 bits per heavy atom. The summed E-state index contributed by atoms with van der Waals surface area (Å²) in [5.41, 5.74) is 1.76. The summed E-state index contributed by atoms with van der Waals surface area (Å²) < 4.78 is 1.54. The van der Waals surface area contributed by atoms with Gasteiger partial charge in [-0.15, -0.1) is 0 Å². The Bertz CT molecular complexity index is 1210.